The van der Waals surface area contributed by atoms with E-state index >= 15 is 0 Å². The smallest absolute Gasteiger partial charge is 0.277 e. The molecule has 5 nitrogen and oxygen atoms in total. The van der Waals surface area contributed by atoms with Crippen molar-refractivity contribution < 1.29 is 4.79 Å². The minimum Gasteiger partial charge on any atom is -0.298 e. The Kier molecular flexibility index (Phi) is 5.22. The first-order valence-electron chi connectivity index (χ1n) is 6.53. The molecule has 1 amide bonds. The van der Waals surface area contributed by atoms with Crippen LogP contribution in [0, 0.1) is 6.92 Å². The third-order valence-electron chi connectivity index (χ3n) is 2.91. The molecule has 0 aromatic carbocycles. The molecule has 2 heterocycles. The normalized spacial score (nSPS) is 11.0. The van der Waals surface area contributed by atoms with Crippen LogP contribution in [0.1, 0.15) is 34.9 Å². The van der Waals surface area contributed by atoms with Gasteiger partial charge in [0.05, 0.1) is 5.69 Å². The van der Waals surface area contributed by atoms with Crippen molar-refractivity contribution in [2.45, 2.75) is 27.3 Å². The van der Waals surface area contributed by atoms with Crippen LogP contribution in [0.15, 0.2) is 11.4 Å². The zero-order chi connectivity index (χ0) is 14.5. The van der Waals surface area contributed by atoms with Crippen molar-refractivity contribution >= 4 is 33.9 Å². The van der Waals surface area contributed by atoms with E-state index in [0.717, 1.165) is 30.2 Å². The number of nitrogens with one attached hydrogen (secondary N) is 1. The van der Waals surface area contributed by atoms with Crippen LogP contribution in [0.25, 0.3) is 0 Å². The Morgan fingerprint density at radius 2 is 2.15 bits per heavy atom. The lowest BCUT2D eigenvalue weighted by Crippen LogP contribution is -2.22. The first-order chi connectivity index (χ1) is 9.62. The van der Waals surface area contributed by atoms with Gasteiger partial charge in [-0.2, -0.15) is 4.37 Å². The summed E-state index contributed by atoms with van der Waals surface area (Å²) in [6.07, 6.45) is 0. The second kappa shape index (κ2) is 6.92. The maximum absolute atomic E-state index is 12.0. The third kappa shape index (κ3) is 3.84. The average Bonchev–Trinajstić information content (AvgIpc) is 3.05. The van der Waals surface area contributed by atoms with Gasteiger partial charge in [-0.05, 0) is 37.6 Å². The lowest BCUT2D eigenvalue weighted by molar-refractivity contribution is 0.102. The zero-order valence-corrected chi connectivity index (χ0v) is 13.5. The van der Waals surface area contributed by atoms with Gasteiger partial charge in [0, 0.05) is 16.8 Å². The van der Waals surface area contributed by atoms with Gasteiger partial charge in [0.2, 0.25) is 0 Å². The summed E-state index contributed by atoms with van der Waals surface area (Å²) in [6, 6.07) is 1.78. The highest BCUT2D eigenvalue weighted by molar-refractivity contribution is 7.14. The van der Waals surface area contributed by atoms with Crippen LogP contribution >= 0.6 is 22.9 Å². The fourth-order valence-electron chi connectivity index (χ4n) is 1.75. The van der Waals surface area contributed by atoms with Crippen molar-refractivity contribution in [1.29, 1.82) is 0 Å². The van der Waals surface area contributed by atoms with Gasteiger partial charge >= 0.3 is 0 Å². The molecule has 0 bridgehead atoms. The van der Waals surface area contributed by atoms with Crippen LogP contribution in [-0.4, -0.2) is 33.3 Å². The molecule has 0 atom stereocenters. The highest BCUT2D eigenvalue weighted by Gasteiger charge is 2.12. The number of nitrogens with zero attached hydrogens (tertiary/aromatic N) is 3. The SMILES string of the molecule is CCN(CC)Cc1csc(NC(=O)c2cc(C)sn2)n1. The number of rotatable bonds is 6. The van der Waals surface area contributed by atoms with E-state index in [1.165, 1.54) is 22.9 Å². The minimum atomic E-state index is -0.196. The Labute approximate surface area is 126 Å². The molecule has 0 aliphatic heterocycles. The number of hydrogen-bond donors (Lipinski definition) is 1. The van der Waals surface area contributed by atoms with Crippen LogP contribution < -0.4 is 5.32 Å². The summed E-state index contributed by atoms with van der Waals surface area (Å²) in [4.78, 5) is 19.7. The maximum atomic E-state index is 12.0. The number of aromatic nitrogens is 2. The Hall–Kier alpha value is -1.31. The average molecular weight is 310 g/mol. The standard InChI is InChI=1S/C13H18N4OS2/c1-4-17(5-2)7-10-8-19-13(14-10)15-12(18)11-6-9(3)20-16-11/h6,8H,4-5,7H2,1-3H3,(H,14,15,18). The summed E-state index contributed by atoms with van der Waals surface area (Å²) in [5.74, 6) is -0.196. The first-order valence-corrected chi connectivity index (χ1v) is 8.19. The Balaban J connectivity index is 1.97. The molecule has 0 unspecified atom stereocenters. The molecule has 0 saturated carbocycles. The molecule has 0 aliphatic carbocycles. The first kappa shape index (κ1) is 15.1. The third-order valence-corrected chi connectivity index (χ3v) is 4.41. The van der Waals surface area contributed by atoms with Gasteiger partial charge in [0.15, 0.2) is 5.13 Å². The van der Waals surface area contributed by atoms with Crippen molar-refractivity contribution in [1.82, 2.24) is 14.3 Å². The lowest BCUT2D eigenvalue weighted by Gasteiger charge is -2.15. The molecule has 0 saturated heterocycles. The number of thiazole rings is 1. The zero-order valence-electron chi connectivity index (χ0n) is 11.8. The second-order valence-electron chi connectivity index (χ2n) is 4.38. The largest absolute Gasteiger partial charge is 0.298 e. The number of carbonyl (C=O) groups excluding carboxylic acids is 1. The van der Waals surface area contributed by atoms with E-state index in [1.807, 2.05) is 12.3 Å². The van der Waals surface area contributed by atoms with Gasteiger partial charge in [-0.3, -0.25) is 15.0 Å². The van der Waals surface area contributed by atoms with Crippen LogP contribution in [-0.2, 0) is 6.54 Å². The van der Waals surface area contributed by atoms with Gasteiger partial charge in [0.1, 0.15) is 5.69 Å². The van der Waals surface area contributed by atoms with Crippen LogP contribution in [0.2, 0.25) is 0 Å². The van der Waals surface area contributed by atoms with Crippen molar-refractivity contribution in [2.75, 3.05) is 18.4 Å². The fourth-order valence-corrected chi connectivity index (χ4v) is 2.99. The van der Waals surface area contributed by atoms with Gasteiger partial charge < -0.3 is 0 Å². The summed E-state index contributed by atoms with van der Waals surface area (Å²) in [7, 11) is 0. The van der Waals surface area contributed by atoms with E-state index in [0.29, 0.717) is 10.8 Å². The van der Waals surface area contributed by atoms with Gasteiger partial charge in [-0.1, -0.05) is 13.8 Å². The quantitative estimate of drug-likeness (QED) is 0.891. The van der Waals surface area contributed by atoms with Gasteiger partial charge in [0.25, 0.3) is 5.91 Å². The number of aryl methyl sites for hydroxylation is 1. The molecule has 0 spiro atoms. The molecule has 108 valence electrons. The fraction of sp³-hybridized carbons (Fsp3) is 0.462. The molecular weight excluding hydrogens is 292 g/mol. The molecule has 0 radical (unpaired) electrons. The van der Waals surface area contributed by atoms with Gasteiger partial charge in [-0.25, -0.2) is 4.98 Å². The Morgan fingerprint density at radius 3 is 2.75 bits per heavy atom. The van der Waals surface area contributed by atoms with E-state index in [2.05, 4.69) is 33.4 Å². The second-order valence-corrected chi connectivity index (χ2v) is 6.25. The predicted octanol–water partition coefficient (Wildman–Crippen LogP) is 3.00. The van der Waals surface area contributed by atoms with Crippen molar-refractivity contribution in [3.05, 3.63) is 27.7 Å². The van der Waals surface area contributed by atoms with E-state index in [9.17, 15) is 4.79 Å². The Bertz CT molecular complexity index is 574. The van der Waals surface area contributed by atoms with E-state index in [4.69, 9.17) is 0 Å². The summed E-state index contributed by atoms with van der Waals surface area (Å²) in [6.45, 7) is 8.99. The molecule has 20 heavy (non-hydrogen) atoms. The molecule has 0 aliphatic rings. The number of amides is 1. The number of anilines is 1. The molecule has 0 fully saturated rings. The van der Waals surface area contributed by atoms with Crippen LogP contribution in [0.5, 0.6) is 0 Å². The number of hydrogen-bond acceptors (Lipinski definition) is 6. The molecule has 2 rings (SSSR count). The highest BCUT2D eigenvalue weighted by atomic mass is 32.1. The maximum Gasteiger partial charge on any atom is 0.277 e. The van der Waals surface area contributed by atoms with Crippen molar-refractivity contribution in [3.8, 4) is 0 Å². The molecule has 7 heteroatoms. The predicted molar refractivity (Wildman–Crippen MR) is 83.5 cm³/mol. The molecule has 1 N–H and O–H groups in total. The number of carbonyl (C=O) groups is 1. The van der Waals surface area contributed by atoms with E-state index in [1.54, 1.807) is 6.07 Å². The van der Waals surface area contributed by atoms with Gasteiger partial charge in [-0.15, -0.1) is 11.3 Å². The highest BCUT2D eigenvalue weighted by Crippen LogP contribution is 2.18. The lowest BCUT2D eigenvalue weighted by atomic mass is 10.4. The summed E-state index contributed by atoms with van der Waals surface area (Å²) < 4.78 is 4.09. The van der Waals surface area contributed by atoms with E-state index < -0.39 is 0 Å². The van der Waals surface area contributed by atoms with Crippen molar-refractivity contribution in [2.24, 2.45) is 0 Å². The monoisotopic (exact) mass is 310 g/mol. The molecule has 2 aromatic heterocycles. The summed E-state index contributed by atoms with van der Waals surface area (Å²) >= 11 is 2.78. The van der Waals surface area contributed by atoms with Crippen LogP contribution in [0.3, 0.4) is 0 Å². The van der Waals surface area contributed by atoms with E-state index in [-0.39, 0.29) is 5.91 Å². The molecule has 2 aromatic rings. The Morgan fingerprint density at radius 1 is 1.40 bits per heavy atom. The van der Waals surface area contributed by atoms with Crippen molar-refractivity contribution in [3.63, 3.8) is 0 Å². The summed E-state index contributed by atoms with van der Waals surface area (Å²) in [5.41, 5.74) is 1.44. The minimum absolute atomic E-state index is 0.196. The molecular formula is C13H18N4OS2. The van der Waals surface area contributed by atoms with Crippen LogP contribution in [0.4, 0.5) is 5.13 Å². The topological polar surface area (TPSA) is 58.1 Å². The summed E-state index contributed by atoms with van der Waals surface area (Å²) in [5, 5.41) is 5.41.